The number of ketones is 2. The van der Waals surface area contributed by atoms with Gasteiger partial charge in [-0.2, -0.15) is 4.31 Å². The normalized spacial score (nSPS) is 12.0. The number of aromatic hydroxyl groups is 1. The zero-order valence-electron chi connectivity index (χ0n) is 25.1. The van der Waals surface area contributed by atoms with Gasteiger partial charge in [0.15, 0.2) is 17.3 Å². The summed E-state index contributed by atoms with van der Waals surface area (Å²) in [5.74, 6) is -0.424. The van der Waals surface area contributed by atoms with Crippen LogP contribution in [0.1, 0.15) is 85.9 Å². The first-order valence-corrected chi connectivity index (χ1v) is 15.0. The maximum Gasteiger partial charge on any atom is 0.211 e. The monoisotopic (exact) mass is 570 g/mol. The summed E-state index contributed by atoms with van der Waals surface area (Å²) in [7, 11) is -1.45. The molecular formula is C31H42N2O6S. The molecule has 3 aromatic carbocycles. The van der Waals surface area contributed by atoms with Crippen molar-refractivity contribution >= 4 is 27.3 Å². The molecule has 0 radical (unpaired) electrons. The minimum absolute atomic E-state index is 0.0114. The van der Waals surface area contributed by atoms with Crippen LogP contribution in [0.4, 0.5) is 5.69 Å². The van der Waals surface area contributed by atoms with E-state index in [1.807, 2.05) is 54.5 Å². The van der Waals surface area contributed by atoms with Crippen molar-refractivity contribution in [3.05, 3.63) is 82.4 Å². The van der Waals surface area contributed by atoms with Gasteiger partial charge < -0.3 is 15.6 Å². The van der Waals surface area contributed by atoms with Gasteiger partial charge in [0.05, 0.1) is 23.1 Å². The smallest absolute Gasteiger partial charge is 0.211 e. The number of hydrogen-bond acceptors (Lipinski definition) is 7. The number of ether oxygens (including phenoxy) is 1. The number of rotatable bonds is 3. The molecule has 0 amide bonds. The van der Waals surface area contributed by atoms with E-state index in [2.05, 4.69) is 0 Å². The molecule has 3 N–H and O–H groups in total. The van der Waals surface area contributed by atoms with Crippen molar-refractivity contribution in [1.82, 2.24) is 4.31 Å². The number of benzene rings is 3. The second-order valence-corrected chi connectivity index (χ2v) is 11.5. The molecule has 0 aromatic heterocycles. The van der Waals surface area contributed by atoms with Gasteiger partial charge in [-0.25, -0.2) is 8.42 Å². The standard InChI is InChI=1S/C21H15NO4.C6H15NO2S.2C2H6/c1-11-18(23)16-15(17(22)21(11)26-12-7-3-2-4-8-12)19(24)13-9-5-6-10-14(13)20(16)25;1-6(2,3)7(4)10(5,8)9;2*1-2/h2-10,23H,22H2,1H3;1-5H3;2*1-2H3. The molecule has 218 valence electrons. The Kier molecular flexibility index (Phi) is 12.1. The third-order valence-corrected chi connectivity index (χ3v) is 7.51. The summed E-state index contributed by atoms with van der Waals surface area (Å²) in [5, 5.41) is 10.6. The number of carbonyl (C=O) groups excluding carboxylic acids is 2. The van der Waals surface area contributed by atoms with Crippen LogP contribution in [0.3, 0.4) is 0 Å². The van der Waals surface area contributed by atoms with E-state index in [-0.39, 0.29) is 45.0 Å². The Morgan fingerprint density at radius 1 is 0.825 bits per heavy atom. The number of hydrogen-bond donors (Lipinski definition) is 2. The molecule has 0 heterocycles. The zero-order valence-corrected chi connectivity index (χ0v) is 25.9. The fourth-order valence-corrected chi connectivity index (χ4v) is 4.70. The second-order valence-electron chi connectivity index (χ2n) is 9.49. The molecule has 0 fully saturated rings. The van der Waals surface area contributed by atoms with Crippen LogP contribution in [0.5, 0.6) is 17.2 Å². The molecule has 0 spiro atoms. The predicted octanol–water partition coefficient (Wildman–Crippen LogP) is 6.58. The molecule has 3 aromatic rings. The molecule has 40 heavy (non-hydrogen) atoms. The fourth-order valence-electron chi connectivity index (χ4n) is 3.70. The van der Waals surface area contributed by atoms with Crippen molar-refractivity contribution in [2.24, 2.45) is 0 Å². The Balaban J connectivity index is 0.000000485. The SMILES string of the molecule is CC.CC.CN(C(C)(C)C)S(C)(=O)=O.Cc1c(O)c2c(c(N)c1Oc1ccccc1)C(=O)c1ccccc1C2=O. The van der Waals surface area contributed by atoms with E-state index < -0.39 is 21.6 Å². The zero-order chi connectivity index (χ0) is 31.0. The van der Waals surface area contributed by atoms with Crippen LogP contribution in [0.25, 0.3) is 0 Å². The molecule has 0 saturated heterocycles. The van der Waals surface area contributed by atoms with E-state index in [4.69, 9.17) is 10.5 Å². The van der Waals surface area contributed by atoms with Crippen molar-refractivity contribution < 1.29 is 27.9 Å². The largest absolute Gasteiger partial charge is 0.507 e. The van der Waals surface area contributed by atoms with Crippen molar-refractivity contribution in [2.45, 2.75) is 60.9 Å². The van der Waals surface area contributed by atoms with Crippen molar-refractivity contribution in [3.63, 3.8) is 0 Å². The highest BCUT2D eigenvalue weighted by atomic mass is 32.2. The topological polar surface area (TPSA) is 127 Å². The maximum atomic E-state index is 12.9. The predicted molar refractivity (Wildman–Crippen MR) is 162 cm³/mol. The summed E-state index contributed by atoms with van der Waals surface area (Å²) >= 11 is 0. The van der Waals surface area contributed by atoms with Gasteiger partial charge in [0, 0.05) is 29.3 Å². The van der Waals surface area contributed by atoms with Gasteiger partial charge in [-0.05, 0) is 39.8 Å². The number of nitrogen functional groups attached to an aromatic ring is 1. The molecule has 9 heteroatoms. The van der Waals surface area contributed by atoms with Crippen LogP contribution in [0.2, 0.25) is 0 Å². The van der Waals surface area contributed by atoms with Crippen LogP contribution < -0.4 is 10.5 Å². The molecule has 8 nitrogen and oxygen atoms in total. The summed E-state index contributed by atoms with van der Waals surface area (Å²) in [6.45, 7) is 15.2. The van der Waals surface area contributed by atoms with Crippen LogP contribution in [0.15, 0.2) is 54.6 Å². The first kappa shape index (κ1) is 34.3. The van der Waals surface area contributed by atoms with Gasteiger partial charge in [0.1, 0.15) is 11.5 Å². The van der Waals surface area contributed by atoms with E-state index in [0.29, 0.717) is 11.3 Å². The summed E-state index contributed by atoms with van der Waals surface area (Å²) in [6.07, 6.45) is 1.21. The average Bonchev–Trinajstić information content (AvgIpc) is 2.93. The lowest BCUT2D eigenvalue weighted by atomic mass is 9.81. The van der Waals surface area contributed by atoms with Crippen molar-refractivity contribution in [1.29, 1.82) is 0 Å². The van der Waals surface area contributed by atoms with Crippen LogP contribution in [0, 0.1) is 6.92 Å². The van der Waals surface area contributed by atoms with Gasteiger partial charge in [0.2, 0.25) is 10.0 Å². The molecule has 0 saturated carbocycles. The molecule has 0 atom stereocenters. The molecule has 0 bridgehead atoms. The number of fused-ring (bicyclic) bond motifs is 2. The summed E-state index contributed by atoms with van der Waals surface area (Å²) in [6, 6.07) is 15.4. The highest BCUT2D eigenvalue weighted by Gasteiger charge is 2.36. The quantitative estimate of drug-likeness (QED) is 0.210. The number of anilines is 1. The fraction of sp³-hybridized carbons (Fsp3) is 0.355. The molecule has 0 unspecified atom stereocenters. The number of phenolic OH excluding ortho intramolecular Hbond substituents is 1. The number of nitrogens with zero attached hydrogens (tertiary/aromatic N) is 1. The Bertz CT molecular complexity index is 1440. The van der Waals surface area contributed by atoms with E-state index >= 15 is 0 Å². The summed E-state index contributed by atoms with van der Waals surface area (Å²) in [5.41, 5.74) is 6.72. The average molecular weight is 571 g/mol. The molecule has 0 aliphatic heterocycles. The number of para-hydroxylation sites is 1. The first-order chi connectivity index (χ1) is 18.7. The van der Waals surface area contributed by atoms with Crippen molar-refractivity contribution in [3.8, 4) is 17.2 Å². The van der Waals surface area contributed by atoms with Gasteiger partial charge >= 0.3 is 0 Å². The molecule has 4 rings (SSSR count). The highest BCUT2D eigenvalue weighted by molar-refractivity contribution is 7.88. The summed E-state index contributed by atoms with van der Waals surface area (Å²) < 4.78 is 29.0. The van der Waals surface area contributed by atoms with Crippen molar-refractivity contribution in [2.75, 3.05) is 19.0 Å². The lowest BCUT2D eigenvalue weighted by molar-refractivity contribution is 0.0977. The first-order valence-electron chi connectivity index (χ1n) is 13.2. The van der Waals surface area contributed by atoms with Gasteiger partial charge in [-0.3, -0.25) is 9.59 Å². The lowest BCUT2D eigenvalue weighted by Gasteiger charge is -2.29. The molecular weight excluding hydrogens is 528 g/mol. The Labute approximate surface area is 238 Å². The number of nitrogens with two attached hydrogens (primary N) is 1. The van der Waals surface area contributed by atoms with E-state index in [0.717, 1.165) is 0 Å². The van der Waals surface area contributed by atoms with E-state index in [1.54, 1.807) is 62.5 Å². The molecule has 1 aliphatic carbocycles. The number of carbonyl (C=O) groups is 2. The van der Waals surface area contributed by atoms with Crippen LogP contribution in [-0.4, -0.2) is 48.2 Å². The lowest BCUT2D eigenvalue weighted by Crippen LogP contribution is -2.41. The number of phenols is 1. The second kappa shape index (κ2) is 14.1. The highest BCUT2D eigenvalue weighted by Crippen LogP contribution is 2.45. The van der Waals surface area contributed by atoms with Gasteiger partial charge in [0.25, 0.3) is 0 Å². The number of sulfonamides is 1. The molecule has 1 aliphatic rings. The minimum atomic E-state index is -3.03. The Hall–Kier alpha value is -3.69. The third kappa shape index (κ3) is 7.49. The van der Waals surface area contributed by atoms with E-state index in [9.17, 15) is 23.1 Å². The van der Waals surface area contributed by atoms with Gasteiger partial charge in [-0.1, -0.05) is 70.2 Å². The van der Waals surface area contributed by atoms with Crippen LogP contribution in [-0.2, 0) is 10.0 Å². The third-order valence-electron chi connectivity index (χ3n) is 5.97. The minimum Gasteiger partial charge on any atom is -0.507 e. The van der Waals surface area contributed by atoms with Crippen LogP contribution >= 0.6 is 0 Å². The Morgan fingerprint density at radius 3 is 1.65 bits per heavy atom. The maximum absolute atomic E-state index is 12.9. The summed E-state index contributed by atoms with van der Waals surface area (Å²) in [4.78, 5) is 25.8. The van der Waals surface area contributed by atoms with Gasteiger partial charge in [-0.15, -0.1) is 0 Å². The van der Waals surface area contributed by atoms with E-state index in [1.165, 1.54) is 10.6 Å². The Morgan fingerprint density at radius 2 is 1.25 bits per heavy atom.